The maximum Gasteiger partial charge on any atom is 0.0716 e. The molecule has 12 rings (SSSR count). The Morgan fingerprint density at radius 2 is 0.814 bits per heavy atom. The molecular formula is C69H63N. The highest BCUT2D eigenvalue weighted by Crippen LogP contribution is 2.60. The van der Waals surface area contributed by atoms with Crippen molar-refractivity contribution in [1.82, 2.24) is 0 Å². The molecule has 344 valence electrons. The molecule has 0 radical (unpaired) electrons. The quantitative estimate of drug-likeness (QED) is 0.161. The third kappa shape index (κ3) is 6.43. The number of hydrogen-bond donors (Lipinski definition) is 0. The van der Waals surface area contributed by atoms with E-state index in [1.54, 1.807) is 0 Å². The Labute approximate surface area is 416 Å². The smallest absolute Gasteiger partial charge is 0.0716 e. The van der Waals surface area contributed by atoms with Crippen molar-refractivity contribution in [3.8, 4) is 44.5 Å². The number of anilines is 3. The lowest BCUT2D eigenvalue weighted by Crippen LogP contribution is -2.32. The van der Waals surface area contributed by atoms with Crippen LogP contribution in [0.4, 0.5) is 17.1 Å². The molecule has 3 aliphatic carbocycles. The highest BCUT2D eigenvalue weighted by atomic mass is 15.1. The summed E-state index contributed by atoms with van der Waals surface area (Å²) in [6.07, 6.45) is 0. The van der Waals surface area contributed by atoms with Gasteiger partial charge in [-0.05, 0) is 153 Å². The van der Waals surface area contributed by atoms with E-state index >= 15 is 0 Å². The molecule has 0 spiro atoms. The molecule has 0 aromatic heterocycles. The van der Waals surface area contributed by atoms with Gasteiger partial charge in [-0.25, -0.2) is 0 Å². The molecule has 0 fully saturated rings. The van der Waals surface area contributed by atoms with Gasteiger partial charge in [0.2, 0.25) is 0 Å². The average Bonchev–Trinajstić information content (AvgIpc) is 3.88. The van der Waals surface area contributed by atoms with Crippen molar-refractivity contribution in [3.63, 3.8) is 0 Å². The van der Waals surface area contributed by atoms with Gasteiger partial charge in [0.25, 0.3) is 0 Å². The van der Waals surface area contributed by atoms with E-state index in [1.807, 2.05) is 0 Å². The van der Waals surface area contributed by atoms with Crippen LogP contribution in [0.25, 0.3) is 44.5 Å². The van der Waals surface area contributed by atoms with Crippen LogP contribution in [0.15, 0.2) is 200 Å². The van der Waals surface area contributed by atoms with Gasteiger partial charge in [0.15, 0.2) is 0 Å². The van der Waals surface area contributed by atoms with E-state index in [9.17, 15) is 0 Å². The zero-order valence-corrected chi connectivity index (χ0v) is 42.5. The third-order valence-corrected chi connectivity index (χ3v) is 16.4. The molecule has 0 N–H and O–H groups in total. The number of benzene rings is 9. The SMILES string of the molecule is CC(C)(C)c1cc2c(c(C(C)(C)C)c1)C(c1ccccc1)(c1ccccc1)c1ccc(-c3cccc(N(c4ccc5c(c4)C(C)(C)c4ccccc4-5)c4ccc5c(c4)C(C)(C)c4ccccc4-5)c3)cc1-2. The average molecular weight is 906 g/mol. The van der Waals surface area contributed by atoms with E-state index in [2.05, 4.69) is 274 Å². The van der Waals surface area contributed by atoms with Crippen LogP contribution in [0.5, 0.6) is 0 Å². The number of fused-ring (bicyclic) bond motifs is 9. The standard InChI is InChI=1S/C69H63N/c1-65(2,3)48-40-57-56-39-45(32-37-60(56)69(46-23-13-11-14-24-46,47-25-15-12-16-26-47)64(57)63(41-48)66(4,5)6)44-22-21-27-49(38-44)70(50-33-35-54-52-28-17-19-30-58(52)67(7,8)61(54)42-50)51-34-36-55-53-29-18-20-31-59(53)68(9,10)62(55)43-51/h11-43H,1-10H3. The number of rotatable bonds is 6. The molecule has 70 heavy (non-hydrogen) atoms. The fourth-order valence-electron chi connectivity index (χ4n) is 12.8. The molecule has 1 nitrogen and oxygen atoms in total. The van der Waals surface area contributed by atoms with Gasteiger partial charge < -0.3 is 4.90 Å². The minimum absolute atomic E-state index is 0.0412. The van der Waals surface area contributed by atoms with E-state index in [1.165, 1.54) is 100 Å². The third-order valence-electron chi connectivity index (χ3n) is 16.4. The predicted molar refractivity (Wildman–Crippen MR) is 296 cm³/mol. The van der Waals surface area contributed by atoms with Gasteiger partial charge in [0, 0.05) is 27.9 Å². The van der Waals surface area contributed by atoms with Crippen LogP contribution >= 0.6 is 0 Å². The topological polar surface area (TPSA) is 3.24 Å². The van der Waals surface area contributed by atoms with Crippen LogP contribution in [0.2, 0.25) is 0 Å². The Balaban J connectivity index is 1.07. The molecule has 9 aromatic rings. The lowest BCUT2D eigenvalue weighted by molar-refractivity contribution is 0.557. The van der Waals surface area contributed by atoms with Crippen molar-refractivity contribution in [2.75, 3.05) is 4.90 Å². The second kappa shape index (κ2) is 15.4. The second-order valence-corrected chi connectivity index (χ2v) is 23.4. The number of nitrogens with zero attached hydrogens (tertiary/aromatic N) is 1. The summed E-state index contributed by atoms with van der Waals surface area (Å²) in [6.45, 7) is 23.8. The molecule has 0 heterocycles. The van der Waals surface area contributed by atoms with Gasteiger partial charge in [-0.15, -0.1) is 0 Å². The summed E-state index contributed by atoms with van der Waals surface area (Å²) in [4.78, 5) is 2.51. The van der Waals surface area contributed by atoms with Crippen molar-refractivity contribution < 1.29 is 0 Å². The van der Waals surface area contributed by atoms with Crippen molar-refractivity contribution in [2.45, 2.75) is 96.3 Å². The van der Waals surface area contributed by atoms with Gasteiger partial charge in [0.1, 0.15) is 0 Å². The predicted octanol–water partition coefficient (Wildman–Crippen LogP) is 18.4. The highest BCUT2D eigenvalue weighted by Gasteiger charge is 2.49. The van der Waals surface area contributed by atoms with Crippen LogP contribution in [-0.2, 0) is 27.1 Å². The highest BCUT2D eigenvalue weighted by molar-refractivity contribution is 5.93. The molecule has 0 saturated heterocycles. The van der Waals surface area contributed by atoms with E-state index < -0.39 is 5.41 Å². The molecule has 0 atom stereocenters. The molecule has 1 heteroatoms. The number of hydrogen-bond acceptors (Lipinski definition) is 1. The van der Waals surface area contributed by atoms with Gasteiger partial charge in [-0.1, -0.05) is 227 Å². The van der Waals surface area contributed by atoms with Gasteiger partial charge in [0.05, 0.1) is 5.41 Å². The van der Waals surface area contributed by atoms with E-state index in [0.29, 0.717) is 0 Å². The Hall–Kier alpha value is -7.22. The fourth-order valence-corrected chi connectivity index (χ4v) is 12.8. The van der Waals surface area contributed by atoms with Gasteiger partial charge >= 0.3 is 0 Å². The molecule has 3 aliphatic rings. The van der Waals surface area contributed by atoms with Crippen molar-refractivity contribution in [3.05, 3.63) is 256 Å². The Morgan fingerprint density at radius 3 is 1.34 bits per heavy atom. The summed E-state index contributed by atoms with van der Waals surface area (Å²) in [5, 5.41) is 0. The summed E-state index contributed by atoms with van der Waals surface area (Å²) in [5.41, 5.74) is 26.5. The summed E-state index contributed by atoms with van der Waals surface area (Å²) in [5.74, 6) is 0. The fraction of sp³-hybridized carbons (Fsp3) is 0.217. The largest absolute Gasteiger partial charge is 0.310 e. The van der Waals surface area contributed by atoms with Crippen LogP contribution < -0.4 is 4.90 Å². The molecule has 0 bridgehead atoms. The molecule has 9 aromatic carbocycles. The first-order valence-corrected chi connectivity index (χ1v) is 25.3. The summed E-state index contributed by atoms with van der Waals surface area (Å²) in [7, 11) is 0. The molecule has 0 aliphatic heterocycles. The molecule has 0 saturated carbocycles. The molecular weight excluding hydrogens is 843 g/mol. The normalized spacial score (nSPS) is 15.3. The van der Waals surface area contributed by atoms with Crippen molar-refractivity contribution >= 4 is 17.1 Å². The zero-order valence-electron chi connectivity index (χ0n) is 42.5. The monoisotopic (exact) mass is 905 g/mol. The zero-order chi connectivity index (χ0) is 48.5. The lowest BCUT2D eigenvalue weighted by atomic mass is 9.63. The summed E-state index contributed by atoms with van der Waals surface area (Å²) in [6, 6.07) is 76.5. The van der Waals surface area contributed by atoms with Gasteiger partial charge in [-0.3, -0.25) is 0 Å². The summed E-state index contributed by atoms with van der Waals surface area (Å²) < 4.78 is 0. The van der Waals surface area contributed by atoms with Crippen LogP contribution in [0, 0.1) is 0 Å². The van der Waals surface area contributed by atoms with Crippen molar-refractivity contribution in [2.24, 2.45) is 0 Å². The second-order valence-electron chi connectivity index (χ2n) is 23.4. The Bertz CT molecular complexity index is 3410. The van der Waals surface area contributed by atoms with Crippen LogP contribution in [0.3, 0.4) is 0 Å². The Kier molecular flexibility index (Phi) is 9.68. The van der Waals surface area contributed by atoms with Crippen LogP contribution in [-0.4, -0.2) is 0 Å². The van der Waals surface area contributed by atoms with Crippen LogP contribution in [0.1, 0.15) is 125 Å². The minimum atomic E-state index is -0.509. The van der Waals surface area contributed by atoms with E-state index in [0.717, 1.165) is 17.1 Å². The van der Waals surface area contributed by atoms with E-state index in [-0.39, 0.29) is 21.7 Å². The lowest BCUT2D eigenvalue weighted by Gasteiger charge is -2.38. The van der Waals surface area contributed by atoms with E-state index in [4.69, 9.17) is 0 Å². The molecule has 0 unspecified atom stereocenters. The minimum Gasteiger partial charge on any atom is -0.310 e. The maximum atomic E-state index is 2.53. The molecule has 0 amide bonds. The maximum absolute atomic E-state index is 2.53. The summed E-state index contributed by atoms with van der Waals surface area (Å²) >= 11 is 0. The first-order chi connectivity index (χ1) is 33.5. The first kappa shape index (κ1) is 44.0. The first-order valence-electron chi connectivity index (χ1n) is 25.3. The Morgan fingerprint density at radius 1 is 0.329 bits per heavy atom. The van der Waals surface area contributed by atoms with Gasteiger partial charge in [-0.2, -0.15) is 0 Å². The van der Waals surface area contributed by atoms with Crippen molar-refractivity contribution in [1.29, 1.82) is 0 Å².